The third-order valence-corrected chi connectivity index (χ3v) is 3.43. The monoisotopic (exact) mass is 328 g/mol. The highest BCUT2D eigenvalue weighted by Crippen LogP contribution is 2.30. The number of pyridine rings is 1. The Balaban J connectivity index is 1.94. The van der Waals surface area contributed by atoms with Gasteiger partial charge in [-0.2, -0.15) is 0 Å². The molecule has 0 fully saturated rings. The molecule has 4 nitrogen and oxygen atoms in total. The number of aliphatic hydroxyl groups is 1. The summed E-state index contributed by atoms with van der Waals surface area (Å²) in [7, 11) is 0. The number of ketones is 1. The number of hydrogen-bond donors (Lipinski definition) is 1. The molecule has 1 aliphatic rings. The van der Waals surface area contributed by atoms with Crippen LogP contribution in [-0.4, -0.2) is 22.1 Å². The van der Waals surface area contributed by atoms with Gasteiger partial charge in [0, 0.05) is 28.0 Å². The number of benzene rings is 1. The first kappa shape index (κ1) is 12.7. The molecule has 0 atom stereocenters. The molecule has 0 aliphatic heterocycles. The molecule has 0 bridgehead atoms. The predicted octanol–water partition coefficient (Wildman–Crippen LogP) is 3.71. The molecule has 5 heteroatoms. The molecule has 0 amide bonds. The SMILES string of the molecule is O=C1C(C=Nc2ccc(Br)cn2)=C(O)c2ccccc21. The summed E-state index contributed by atoms with van der Waals surface area (Å²) in [5, 5.41) is 10.1. The Labute approximate surface area is 123 Å². The summed E-state index contributed by atoms with van der Waals surface area (Å²) < 4.78 is 0.850. The van der Waals surface area contributed by atoms with Crippen LogP contribution in [0.2, 0.25) is 0 Å². The minimum atomic E-state index is -0.223. The number of aliphatic hydroxyl groups excluding tert-OH is 1. The number of aliphatic imine (C=N–C) groups is 1. The second kappa shape index (κ2) is 5.02. The number of carbonyl (C=O) groups excluding carboxylic acids is 1. The van der Waals surface area contributed by atoms with E-state index in [2.05, 4.69) is 25.9 Å². The van der Waals surface area contributed by atoms with Crippen molar-refractivity contribution in [3.8, 4) is 0 Å². The molecule has 1 heterocycles. The van der Waals surface area contributed by atoms with Crippen LogP contribution in [-0.2, 0) is 0 Å². The molecule has 0 saturated carbocycles. The van der Waals surface area contributed by atoms with Gasteiger partial charge in [0.1, 0.15) is 5.76 Å². The number of carbonyl (C=O) groups is 1. The molecule has 0 spiro atoms. The lowest BCUT2D eigenvalue weighted by atomic mass is 10.1. The Kier molecular flexibility index (Phi) is 3.20. The third kappa shape index (κ3) is 2.16. The summed E-state index contributed by atoms with van der Waals surface area (Å²) >= 11 is 3.28. The van der Waals surface area contributed by atoms with Crippen LogP contribution >= 0.6 is 15.9 Å². The van der Waals surface area contributed by atoms with Gasteiger partial charge in [-0.05, 0) is 28.1 Å². The number of aromatic nitrogens is 1. The number of halogens is 1. The first-order chi connectivity index (χ1) is 9.66. The Bertz CT molecular complexity index is 749. The minimum absolute atomic E-state index is 0.0357. The largest absolute Gasteiger partial charge is 0.506 e. The molecular weight excluding hydrogens is 320 g/mol. The summed E-state index contributed by atoms with van der Waals surface area (Å²) in [6, 6.07) is 10.5. The van der Waals surface area contributed by atoms with Crippen LogP contribution in [0.15, 0.2) is 57.6 Å². The smallest absolute Gasteiger partial charge is 0.199 e. The van der Waals surface area contributed by atoms with Crippen LogP contribution in [0, 0.1) is 0 Å². The number of allylic oxidation sites excluding steroid dienone is 1. The highest BCUT2D eigenvalue weighted by Gasteiger charge is 2.27. The molecular formula is C15H9BrN2O2. The van der Waals surface area contributed by atoms with Crippen molar-refractivity contribution in [3.05, 3.63) is 63.8 Å². The average Bonchev–Trinajstić information content (AvgIpc) is 2.71. The zero-order chi connectivity index (χ0) is 14.1. The second-order valence-corrected chi connectivity index (χ2v) is 5.15. The number of hydrogen-bond acceptors (Lipinski definition) is 4. The number of nitrogens with zero attached hydrogens (tertiary/aromatic N) is 2. The lowest BCUT2D eigenvalue weighted by molar-refractivity contribution is 0.104. The van der Waals surface area contributed by atoms with Gasteiger partial charge in [-0.15, -0.1) is 0 Å². The van der Waals surface area contributed by atoms with Crippen LogP contribution in [0.1, 0.15) is 15.9 Å². The maximum absolute atomic E-state index is 12.1. The molecule has 1 aromatic carbocycles. The van der Waals surface area contributed by atoms with E-state index in [1.54, 1.807) is 42.6 Å². The molecule has 3 rings (SSSR count). The molecule has 2 aromatic rings. The van der Waals surface area contributed by atoms with Gasteiger partial charge in [0.05, 0.1) is 5.57 Å². The Hall–Kier alpha value is -2.27. The van der Waals surface area contributed by atoms with Crippen LogP contribution in [0.5, 0.6) is 0 Å². The lowest BCUT2D eigenvalue weighted by Gasteiger charge is -1.95. The summed E-state index contributed by atoms with van der Waals surface area (Å²) in [6.45, 7) is 0. The topological polar surface area (TPSA) is 62.5 Å². The number of rotatable bonds is 2. The summed E-state index contributed by atoms with van der Waals surface area (Å²) in [5.41, 5.74) is 1.23. The van der Waals surface area contributed by atoms with Crippen LogP contribution in [0.4, 0.5) is 5.82 Å². The quantitative estimate of drug-likeness (QED) is 0.854. The molecule has 1 aliphatic carbocycles. The van der Waals surface area contributed by atoms with Crippen molar-refractivity contribution < 1.29 is 9.90 Å². The number of fused-ring (bicyclic) bond motifs is 1. The Morgan fingerprint density at radius 3 is 2.55 bits per heavy atom. The molecule has 1 aromatic heterocycles. The standard InChI is InChI=1S/C15H9BrN2O2/c16-9-5-6-13(17-7-9)18-8-12-14(19)10-3-1-2-4-11(10)15(12)20/h1-8,19H. The Morgan fingerprint density at radius 2 is 1.90 bits per heavy atom. The van der Waals surface area contributed by atoms with E-state index >= 15 is 0 Å². The minimum Gasteiger partial charge on any atom is -0.506 e. The zero-order valence-electron chi connectivity index (χ0n) is 10.2. The lowest BCUT2D eigenvalue weighted by Crippen LogP contribution is -1.99. The predicted molar refractivity (Wildman–Crippen MR) is 80.4 cm³/mol. The van der Waals surface area contributed by atoms with Gasteiger partial charge in [-0.3, -0.25) is 4.79 Å². The van der Waals surface area contributed by atoms with Crippen LogP contribution in [0.25, 0.3) is 5.76 Å². The highest BCUT2D eigenvalue weighted by atomic mass is 79.9. The van der Waals surface area contributed by atoms with E-state index in [0.717, 1.165) is 4.47 Å². The van der Waals surface area contributed by atoms with Crippen molar-refractivity contribution in [2.75, 3.05) is 0 Å². The van der Waals surface area contributed by atoms with E-state index in [1.165, 1.54) is 6.21 Å². The van der Waals surface area contributed by atoms with Crippen molar-refractivity contribution in [2.45, 2.75) is 0 Å². The van der Waals surface area contributed by atoms with Gasteiger partial charge in [0.2, 0.25) is 0 Å². The van der Waals surface area contributed by atoms with Crippen molar-refractivity contribution in [3.63, 3.8) is 0 Å². The molecule has 0 saturated heterocycles. The second-order valence-electron chi connectivity index (χ2n) is 4.23. The van der Waals surface area contributed by atoms with E-state index in [-0.39, 0.29) is 17.1 Å². The normalized spacial score (nSPS) is 14.2. The maximum Gasteiger partial charge on any atom is 0.199 e. The van der Waals surface area contributed by atoms with E-state index in [4.69, 9.17) is 0 Å². The van der Waals surface area contributed by atoms with Crippen LogP contribution in [0.3, 0.4) is 0 Å². The van der Waals surface area contributed by atoms with Gasteiger partial charge in [0.15, 0.2) is 11.6 Å². The first-order valence-corrected chi connectivity index (χ1v) is 6.69. The molecule has 0 unspecified atom stereocenters. The molecule has 20 heavy (non-hydrogen) atoms. The van der Waals surface area contributed by atoms with E-state index < -0.39 is 0 Å². The van der Waals surface area contributed by atoms with E-state index in [9.17, 15) is 9.90 Å². The fourth-order valence-corrected chi connectivity index (χ4v) is 2.21. The van der Waals surface area contributed by atoms with Gasteiger partial charge < -0.3 is 5.11 Å². The van der Waals surface area contributed by atoms with Crippen LogP contribution < -0.4 is 0 Å². The molecule has 98 valence electrons. The van der Waals surface area contributed by atoms with Crippen molar-refractivity contribution in [2.24, 2.45) is 4.99 Å². The van der Waals surface area contributed by atoms with E-state index in [1.807, 2.05) is 0 Å². The molecule has 1 N–H and O–H groups in total. The van der Waals surface area contributed by atoms with Crippen molar-refractivity contribution >= 4 is 39.5 Å². The van der Waals surface area contributed by atoms with Gasteiger partial charge in [-0.1, -0.05) is 24.3 Å². The maximum atomic E-state index is 12.1. The fraction of sp³-hybridized carbons (Fsp3) is 0. The average molecular weight is 329 g/mol. The zero-order valence-corrected chi connectivity index (χ0v) is 11.8. The van der Waals surface area contributed by atoms with E-state index in [0.29, 0.717) is 16.9 Å². The fourth-order valence-electron chi connectivity index (χ4n) is 1.98. The summed E-state index contributed by atoms with van der Waals surface area (Å²) in [4.78, 5) is 20.3. The summed E-state index contributed by atoms with van der Waals surface area (Å²) in [5.74, 6) is 0.211. The molecule has 0 radical (unpaired) electrons. The van der Waals surface area contributed by atoms with Gasteiger partial charge >= 0.3 is 0 Å². The van der Waals surface area contributed by atoms with Gasteiger partial charge in [0.25, 0.3) is 0 Å². The van der Waals surface area contributed by atoms with Crippen molar-refractivity contribution in [1.82, 2.24) is 4.98 Å². The van der Waals surface area contributed by atoms with Crippen molar-refractivity contribution in [1.29, 1.82) is 0 Å². The first-order valence-electron chi connectivity index (χ1n) is 5.90. The summed E-state index contributed by atoms with van der Waals surface area (Å²) in [6.07, 6.45) is 2.97. The highest BCUT2D eigenvalue weighted by molar-refractivity contribution is 9.10. The third-order valence-electron chi connectivity index (χ3n) is 2.96. The number of Topliss-reactive ketones (excluding diaryl/α,β-unsaturated/α-hetero) is 1. The Morgan fingerprint density at radius 1 is 1.15 bits per heavy atom. The van der Waals surface area contributed by atoms with Gasteiger partial charge in [-0.25, -0.2) is 9.98 Å².